The van der Waals surface area contributed by atoms with Crippen molar-refractivity contribution >= 4 is 10.8 Å². The summed E-state index contributed by atoms with van der Waals surface area (Å²) in [5.41, 5.74) is 5.57. The van der Waals surface area contributed by atoms with Gasteiger partial charge in [0, 0.05) is 0 Å². The van der Waals surface area contributed by atoms with Gasteiger partial charge < -0.3 is 0 Å². The van der Waals surface area contributed by atoms with E-state index < -0.39 is 0 Å². The Bertz CT molecular complexity index is 969. The van der Waals surface area contributed by atoms with E-state index in [0.29, 0.717) is 0 Å². The fourth-order valence-electron chi connectivity index (χ4n) is 5.10. The Morgan fingerprint density at radius 2 is 1.40 bits per heavy atom. The third-order valence-corrected chi connectivity index (χ3v) is 6.93. The molecule has 4 rings (SSSR count). The van der Waals surface area contributed by atoms with Gasteiger partial charge >= 0.3 is 0 Å². The van der Waals surface area contributed by atoms with Crippen LogP contribution in [0.15, 0.2) is 72.8 Å². The van der Waals surface area contributed by atoms with Crippen LogP contribution in [-0.4, -0.2) is 0 Å². The number of fused-ring (bicyclic) bond motifs is 1. The molecule has 0 heterocycles. The van der Waals surface area contributed by atoms with Crippen LogP contribution in [0.5, 0.6) is 0 Å². The molecule has 0 nitrogen and oxygen atoms in total. The number of aryl methyl sites for hydroxylation is 2. The highest BCUT2D eigenvalue weighted by molar-refractivity contribution is 5.87. The molecule has 0 radical (unpaired) electrons. The molecular weight excluding hydrogens is 360 g/mol. The second-order valence-corrected chi connectivity index (χ2v) is 9.19. The van der Waals surface area contributed by atoms with Crippen molar-refractivity contribution in [3.05, 3.63) is 83.9 Å². The lowest BCUT2D eigenvalue weighted by Gasteiger charge is -2.26. The van der Waals surface area contributed by atoms with Crippen LogP contribution < -0.4 is 0 Å². The van der Waals surface area contributed by atoms with Crippen LogP contribution >= 0.6 is 0 Å². The Morgan fingerprint density at radius 1 is 0.733 bits per heavy atom. The summed E-state index contributed by atoms with van der Waals surface area (Å²) in [6.07, 6.45) is 15.1. The lowest BCUT2D eigenvalue weighted by molar-refractivity contribution is 0.296. The minimum absolute atomic E-state index is 0.839. The zero-order chi connectivity index (χ0) is 20.8. The topological polar surface area (TPSA) is 0 Å². The average molecular weight is 397 g/mol. The van der Waals surface area contributed by atoms with Gasteiger partial charge in [0.15, 0.2) is 0 Å². The third kappa shape index (κ3) is 5.22. The molecular formula is C30H36. The smallest absolute Gasteiger partial charge is 0.0178 e. The summed E-state index contributed by atoms with van der Waals surface area (Å²) < 4.78 is 0. The van der Waals surface area contributed by atoms with Crippen LogP contribution in [0.25, 0.3) is 21.9 Å². The number of benzene rings is 3. The first-order valence-corrected chi connectivity index (χ1v) is 12.0. The molecule has 1 fully saturated rings. The van der Waals surface area contributed by atoms with Crippen LogP contribution in [0.4, 0.5) is 0 Å². The molecule has 0 atom stereocenters. The summed E-state index contributed by atoms with van der Waals surface area (Å²) in [6.45, 7) is 4.39. The molecule has 1 aliphatic rings. The monoisotopic (exact) mass is 396 g/mol. The van der Waals surface area contributed by atoms with Gasteiger partial charge in [-0.3, -0.25) is 0 Å². The zero-order valence-corrected chi connectivity index (χ0v) is 18.7. The third-order valence-electron chi connectivity index (χ3n) is 6.93. The van der Waals surface area contributed by atoms with E-state index in [0.717, 1.165) is 18.3 Å². The van der Waals surface area contributed by atoms with Crippen molar-refractivity contribution in [1.82, 2.24) is 0 Å². The maximum Gasteiger partial charge on any atom is -0.0178 e. The normalized spacial score (nSPS) is 19.5. The summed E-state index contributed by atoms with van der Waals surface area (Å²) in [6, 6.07) is 23.1. The van der Waals surface area contributed by atoms with Gasteiger partial charge in [-0.05, 0) is 103 Å². The maximum absolute atomic E-state index is 2.41. The summed E-state index contributed by atoms with van der Waals surface area (Å²) in [7, 11) is 0. The van der Waals surface area contributed by atoms with E-state index in [1.54, 1.807) is 0 Å². The highest BCUT2D eigenvalue weighted by atomic mass is 14.2. The largest absolute Gasteiger partial charge is 0.0914 e. The van der Waals surface area contributed by atoms with Crippen LogP contribution in [-0.2, 0) is 12.8 Å². The quantitative estimate of drug-likeness (QED) is 0.350. The Balaban J connectivity index is 1.37. The maximum atomic E-state index is 2.41. The molecule has 156 valence electrons. The molecule has 0 amide bonds. The van der Waals surface area contributed by atoms with Crippen molar-refractivity contribution in [3.8, 4) is 11.1 Å². The minimum atomic E-state index is 0.839. The molecule has 30 heavy (non-hydrogen) atoms. The van der Waals surface area contributed by atoms with E-state index in [1.807, 2.05) is 0 Å². The number of hydrogen-bond donors (Lipinski definition) is 0. The van der Waals surface area contributed by atoms with Gasteiger partial charge in [-0.25, -0.2) is 0 Å². The van der Waals surface area contributed by atoms with Crippen LogP contribution in [0, 0.1) is 11.8 Å². The van der Waals surface area contributed by atoms with E-state index in [4.69, 9.17) is 0 Å². The molecule has 0 bridgehead atoms. The van der Waals surface area contributed by atoms with Crippen molar-refractivity contribution in [2.75, 3.05) is 0 Å². The van der Waals surface area contributed by atoms with E-state index >= 15 is 0 Å². The average Bonchev–Trinajstić information content (AvgIpc) is 2.79. The first-order chi connectivity index (χ1) is 14.7. The highest BCUT2D eigenvalue weighted by Gasteiger charge is 2.19. The van der Waals surface area contributed by atoms with Crippen LogP contribution in [0.2, 0.25) is 0 Å². The van der Waals surface area contributed by atoms with E-state index in [2.05, 4.69) is 86.7 Å². The van der Waals surface area contributed by atoms with Crippen molar-refractivity contribution in [2.45, 2.75) is 65.2 Å². The fraction of sp³-hybridized carbons (Fsp3) is 0.400. The lowest BCUT2D eigenvalue weighted by atomic mass is 9.79. The van der Waals surface area contributed by atoms with Gasteiger partial charge in [0.25, 0.3) is 0 Å². The molecule has 3 aromatic carbocycles. The molecule has 0 aliphatic heterocycles. The van der Waals surface area contributed by atoms with Gasteiger partial charge in [0.05, 0.1) is 0 Å². The summed E-state index contributed by atoms with van der Waals surface area (Å²) in [5.74, 6) is 1.76. The predicted molar refractivity (Wildman–Crippen MR) is 132 cm³/mol. The minimum Gasteiger partial charge on any atom is -0.0914 e. The Morgan fingerprint density at radius 3 is 2.13 bits per heavy atom. The summed E-state index contributed by atoms with van der Waals surface area (Å²) >= 11 is 0. The Hall–Kier alpha value is -2.34. The van der Waals surface area contributed by atoms with Crippen molar-refractivity contribution < 1.29 is 0 Å². The molecule has 0 spiro atoms. The standard InChI is InChI=1S/C30H36/c1-3-5-23-7-9-24(10-8-23)11-12-25-13-16-27(17-14-25)29-20-19-28-21-26(6-4-2)15-18-30(28)22-29/h3,5,13-24H,4,6-12H2,1-2H3/b5-3+. The van der Waals surface area contributed by atoms with Gasteiger partial charge in [0.1, 0.15) is 0 Å². The van der Waals surface area contributed by atoms with E-state index in [9.17, 15) is 0 Å². The van der Waals surface area contributed by atoms with Gasteiger partial charge in [-0.1, -0.05) is 80.1 Å². The van der Waals surface area contributed by atoms with Crippen molar-refractivity contribution in [3.63, 3.8) is 0 Å². The lowest BCUT2D eigenvalue weighted by Crippen LogP contribution is -2.13. The van der Waals surface area contributed by atoms with Gasteiger partial charge in [-0.15, -0.1) is 0 Å². The van der Waals surface area contributed by atoms with E-state index in [1.165, 1.54) is 78.0 Å². The number of hydrogen-bond acceptors (Lipinski definition) is 0. The SMILES string of the molecule is C/C=C/C1CCC(CCc2ccc(-c3ccc4cc(CCC)ccc4c3)cc2)CC1. The number of allylic oxidation sites excluding steroid dienone is 2. The summed E-state index contributed by atoms with van der Waals surface area (Å²) in [5, 5.41) is 2.69. The molecule has 0 aromatic heterocycles. The first-order valence-electron chi connectivity index (χ1n) is 12.0. The molecule has 0 N–H and O–H groups in total. The van der Waals surface area contributed by atoms with Crippen molar-refractivity contribution in [1.29, 1.82) is 0 Å². The molecule has 3 aromatic rings. The predicted octanol–water partition coefficient (Wildman–Crippen LogP) is 8.77. The van der Waals surface area contributed by atoms with Crippen molar-refractivity contribution in [2.24, 2.45) is 11.8 Å². The number of rotatable bonds is 7. The Labute approximate surface area is 183 Å². The second kappa shape index (κ2) is 10.1. The van der Waals surface area contributed by atoms with Crippen LogP contribution in [0.1, 0.15) is 63.5 Å². The molecule has 0 heteroatoms. The zero-order valence-electron chi connectivity index (χ0n) is 18.7. The van der Waals surface area contributed by atoms with E-state index in [-0.39, 0.29) is 0 Å². The first kappa shape index (κ1) is 20.9. The molecule has 0 saturated heterocycles. The highest BCUT2D eigenvalue weighted by Crippen LogP contribution is 2.32. The Kier molecular flexibility index (Phi) is 7.05. The summed E-state index contributed by atoms with van der Waals surface area (Å²) in [4.78, 5) is 0. The second-order valence-electron chi connectivity index (χ2n) is 9.19. The van der Waals surface area contributed by atoms with Gasteiger partial charge in [0.2, 0.25) is 0 Å². The molecule has 1 aliphatic carbocycles. The molecule has 0 unspecified atom stereocenters. The van der Waals surface area contributed by atoms with Gasteiger partial charge in [-0.2, -0.15) is 0 Å². The fourth-order valence-corrected chi connectivity index (χ4v) is 5.10. The molecule has 1 saturated carbocycles. The van der Waals surface area contributed by atoms with Crippen LogP contribution in [0.3, 0.4) is 0 Å².